The van der Waals surface area contributed by atoms with Crippen molar-refractivity contribution in [2.45, 2.75) is 33.7 Å². The van der Waals surface area contributed by atoms with Gasteiger partial charge in [-0.2, -0.15) is 8.42 Å². The highest BCUT2D eigenvalue weighted by Gasteiger charge is 2.26. The first-order valence-electron chi connectivity index (χ1n) is 12.4. The van der Waals surface area contributed by atoms with Gasteiger partial charge in [-0.25, -0.2) is 4.79 Å². The van der Waals surface area contributed by atoms with Crippen LogP contribution in [0, 0.1) is 10.8 Å². The number of phenols is 1. The smallest absolute Gasteiger partial charge is 0.354 e. The summed E-state index contributed by atoms with van der Waals surface area (Å²) in [6.07, 6.45) is 0.723. The number of aromatic hydroxyl groups is 1. The normalized spacial score (nSPS) is 12.2. The molecule has 1 unspecified atom stereocenters. The number of phenolic OH excluding ortho intramolecular Hbond substituents is 1. The summed E-state index contributed by atoms with van der Waals surface area (Å²) in [6.45, 7) is 7.71. The highest BCUT2D eigenvalue weighted by Crippen LogP contribution is 2.31. The fraction of sp³-hybridized carbons (Fsp3) is 0.241. The van der Waals surface area contributed by atoms with Gasteiger partial charge in [0.1, 0.15) is 11.6 Å². The van der Waals surface area contributed by atoms with Crippen LogP contribution < -0.4 is 16.4 Å². The van der Waals surface area contributed by atoms with E-state index in [4.69, 9.17) is 11.1 Å². The Morgan fingerprint density at radius 2 is 1.56 bits per heavy atom. The van der Waals surface area contributed by atoms with Crippen LogP contribution >= 0.6 is 0 Å². The lowest BCUT2D eigenvalue weighted by Gasteiger charge is -2.28. The predicted molar refractivity (Wildman–Crippen MR) is 156 cm³/mol. The van der Waals surface area contributed by atoms with Crippen LogP contribution in [0.4, 0.5) is 5.69 Å². The van der Waals surface area contributed by atoms with Gasteiger partial charge >= 0.3 is 16.1 Å². The lowest BCUT2D eigenvalue weighted by atomic mass is 9.88. The largest absolute Gasteiger partial charge is 0.507 e. The summed E-state index contributed by atoms with van der Waals surface area (Å²) >= 11 is 0. The van der Waals surface area contributed by atoms with E-state index in [0.717, 1.165) is 6.26 Å². The first-order valence-corrected chi connectivity index (χ1v) is 14.3. The Labute approximate surface area is 238 Å². The molecule has 41 heavy (non-hydrogen) atoms. The number of hydrogen-bond donors (Lipinski definition) is 5. The number of amidine groups is 1. The van der Waals surface area contributed by atoms with E-state index in [9.17, 15) is 27.9 Å². The molecule has 0 heterocycles. The van der Waals surface area contributed by atoms with Crippen LogP contribution in [-0.4, -0.2) is 49.4 Å². The van der Waals surface area contributed by atoms with Gasteiger partial charge in [0.05, 0.1) is 17.4 Å². The van der Waals surface area contributed by atoms with Crippen molar-refractivity contribution in [3.8, 4) is 16.9 Å². The summed E-state index contributed by atoms with van der Waals surface area (Å²) in [5.74, 6) is -2.96. The maximum absolute atomic E-state index is 13.3. The average Bonchev–Trinajstić information content (AvgIpc) is 2.86. The number of benzene rings is 3. The summed E-state index contributed by atoms with van der Waals surface area (Å²) in [7, 11) is -4.20. The average molecular weight is 581 g/mol. The topological polar surface area (TPSA) is 189 Å². The van der Waals surface area contributed by atoms with Crippen molar-refractivity contribution in [1.29, 1.82) is 5.41 Å². The predicted octanol–water partition coefficient (Wildman–Crippen LogP) is 3.88. The molecule has 1 atom stereocenters. The van der Waals surface area contributed by atoms with E-state index in [0.29, 0.717) is 0 Å². The van der Waals surface area contributed by atoms with Gasteiger partial charge in [-0.05, 0) is 53.8 Å². The number of carbonyl (C=O) groups excluding carboxylic acids is 3. The molecule has 0 saturated heterocycles. The van der Waals surface area contributed by atoms with E-state index in [1.54, 1.807) is 18.2 Å². The van der Waals surface area contributed by atoms with Crippen molar-refractivity contribution in [1.82, 2.24) is 5.32 Å². The zero-order valence-corrected chi connectivity index (χ0v) is 24.0. The number of rotatable bonds is 8. The molecule has 216 valence electrons. The van der Waals surface area contributed by atoms with Crippen molar-refractivity contribution >= 4 is 39.4 Å². The van der Waals surface area contributed by atoms with Gasteiger partial charge in [0.15, 0.2) is 0 Å². The van der Waals surface area contributed by atoms with Crippen LogP contribution in [0.15, 0.2) is 60.7 Å². The van der Waals surface area contributed by atoms with Gasteiger partial charge in [-0.1, -0.05) is 45.0 Å². The monoisotopic (exact) mass is 580 g/mol. The second-order valence-corrected chi connectivity index (χ2v) is 12.1. The van der Waals surface area contributed by atoms with E-state index in [-0.39, 0.29) is 62.1 Å². The van der Waals surface area contributed by atoms with Gasteiger partial charge in [0.2, 0.25) is 0 Å². The molecule has 0 spiro atoms. The van der Waals surface area contributed by atoms with E-state index >= 15 is 0 Å². The molecule has 11 nitrogen and oxygen atoms in total. The quantitative estimate of drug-likeness (QED) is 0.151. The minimum Gasteiger partial charge on any atom is -0.507 e. The minimum atomic E-state index is -4.20. The Morgan fingerprint density at radius 1 is 0.927 bits per heavy atom. The van der Waals surface area contributed by atoms with E-state index in [2.05, 4.69) is 14.8 Å². The van der Waals surface area contributed by atoms with Crippen molar-refractivity contribution in [2.75, 3.05) is 11.6 Å². The molecular formula is C29H32N4O7S. The maximum Gasteiger partial charge on any atom is 0.354 e. The van der Waals surface area contributed by atoms with Gasteiger partial charge < -0.3 is 25.7 Å². The van der Waals surface area contributed by atoms with E-state index in [1.165, 1.54) is 42.5 Å². The number of anilines is 1. The van der Waals surface area contributed by atoms with E-state index in [1.807, 2.05) is 27.7 Å². The molecule has 12 heteroatoms. The molecule has 0 aliphatic rings. The number of hydrogen-bond acceptors (Lipinski definition) is 8. The fourth-order valence-electron chi connectivity index (χ4n) is 3.72. The SMILES string of the molecule is CC(NC(=O)c1ccc(-c2ccccc2C(=O)Nc2ccc(C(=N)N)c(O)c2)c(C(=O)OS(C)(=O)=O)c1)C(C)(C)C. The number of nitrogens with two attached hydrogens (primary N) is 1. The molecule has 0 bridgehead atoms. The lowest BCUT2D eigenvalue weighted by Crippen LogP contribution is -2.41. The molecule has 3 aromatic carbocycles. The molecule has 0 aromatic heterocycles. The zero-order valence-electron chi connectivity index (χ0n) is 23.2. The van der Waals surface area contributed by atoms with Crippen LogP contribution in [0.5, 0.6) is 5.75 Å². The molecule has 0 aliphatic heterocycles. The zero-order chi connectivity index (χ0) is 30.7. The van der Waals surface area contributed by atoms with Crippen molar-refractivity contribution in [2.24, 2.45) is 11.1 Å². The lowest BCUT2D eigenvalue weighted by molar-refractivity contribution is 0.0748. The number of nitrogens with one attached hydrogen (secondary N) is 3. The van der Waals surface area contributed by atoms with Crippen LogP contribution in [0.3, 0.4) is 0 Å². The number of carbonyl (C=O) groups is 3. The molecule has 3 rings (SSSR count). The second-order valence-electron chi connectivity index (χ2n) is 10.5. The molecule has 0 saturated carbocycles. The molecule has 2 amide bonds. The maximum atomic E-state index is 13.3. The van der Waals surface area contributed by atoms with Gasteiger partial charge in [-0.3, -0.25) is 15.0 Å². The van der Waals surface area contributed by atoms with Crippen LogP contribution in [0.1, 0.15) is 64.3 Å². The molecular weight excluding hydrogens is 548 g/mol. The summed E-state index contributed by atoms with van der Waals surface area (Å²) in [5, 5.41) is 23.1. The third-order valence-corrected chi connectivity index (χ3v) is 6.84. The third kappa shape index (κ3) is 7.70. The minimum absolute atomic E-state index is 0.0910. The van der Waals surface area contributed by atoms with E-state index < -0.39 is 27.9 Å². The third-order valence-electron chi connectivity index (χ3n) is 6.38. The first-order chi connectivity index (χ1) is 19.0. The van der Waals surface area contributed by atoms with Crippen LogP contribution in [-0.2, 0) is 14.3 Å². The van der Waals surface area contributed by atoms with Gasteiger partial charge in [0.25, 0.3) is 11.8 Å². The molecule has 0 aliphatic carbocycles. The number of nitrogen functional groups attached to an aromatic ring is 1. The van der Waals surface area contributed by atoms with Crippen molar-refractivity contribution in [3.63, 3.8) is 0 Å². The summed E-state index contributed by atoms with van der Waals surface area (Å²) < 4.78 is 28.2. The summed E-state index contributed by atoms with van der Waals surface area (Å²) in [5.41, 5.74) is 5.85. The highest BCUT2D eigenvalue weighted by molar-refractivity contribution is 7.86. The second kappa shape index (κ2) is 11.8. The van der Waals surface area contributed by atoms with Crippen LogP contribution in [0.2, 0.25) is 0 Å². The Kier molecular flexibility index (Phi) is 8.87. The van der Waals surface area contributed by atoms with Gasteiger partial charge in [-0.15, -0.1) is 0 Å². The molecule has 0 fully saturated rings. The standard InChI is InChI=1S/C29H32N4O7S/c1-16(29(2,3)4)32-26(35)17-10-12-20(23(14-17)28(37)40-41(5,38)39)19-8-6-7-9-21(19)27(36)33-18-11-13-22(25(30)31)24(34)15-18/h6-16,34H,1-5H3,(H3,30,31)(H,32,35)(H,33,36). The van der Waals surface area contributed by atoms with Crippen LogP contribution in [0.25, 0.3) is 11.1 Å². The van der Waals surface area contributed by atoms with Gasteiger partial charge in [0, 0.05) is 28.9 Å². The Hall–Kier alpha value is -4.71. The fourth-order valence-corrected chi connectivity index (χ4v) is 4.08. The Morgan fingerprint density at radius 3 is 2.15 bits per heavy atom. The summed E-state index contributed by atoms with van der Waals surface area (Å²) in [6, 6.07) is 14.2. The summed E-state index contributed by atoms with van der Waals surface area (Å²) in [4.78, 5) is 39.3. The highest BCUT2D eigenvalue weighted by atomic mass is 32.2. The Balaban J connectivity index is 2.07. The Bertz CT molecular complexity index is 1640. The number of amides is 2. The molecule has 0 radical (unpaired) electrons. The van der Waals surface area contributed by atoms with Crippen molar-refractivity contribution in [3.05, 3.63) is 82.9 Å². The molecule has 6 N–H and O–H groups in total. The first kappa shape index (κ1) is 30.8. The molecule has 3 aromatic rings. The van der Waals surface area contributed by atoms with Crippen molar-refractivity contribution < 1.29 is 32.1 Å².